The van der Waals surface area contributed by atoms with Crippen molar-refractivity contribution in [2.75, 3.05) is 6.54 Å². The topological polar surface area (TPSA) is 97.0 Å². The smallest absolute Gasteiger partial charge is 0.407 e. The van der Waals surface area contributed by atoms with Crippen molar-refractivity contribution in [1.29, 1.82) is 5.26 Å². The maximum absolute atomic E-state index is 12.0. The van der Waals surface area contributed by atoms with E-state index in [1.54, 1.807) is 0 Å². The first-order valence-corrected chi connectivity index (χ1v) is 11.1. The van der Waals surface area contributed by atoms with Crippen LogP contribution in [0.5, 0.6) is 0 Å². The molecule has 32 heavy (non-hydrogen) atoms. The fraction of sp³-hybridized carbons (Fsp3) is 0.520. The molecule has 1 aromatic carbocycles. The predicted molar refractivity (Wildman–Crippen MR) is 121 cm³/mol. The van der Waals surface area contributed by atoms with Crippen molar-refractivity contribution in [3.8, 4) is 6.07 Å². The fourth-order valence-corrected chi connectivity index (χ4v) is 4.14. The van der Waals surface area contributed by atoms with Gasteiger partial charge in [-0.2, -0.15) is 5.26 Å². The SMILES string of the molecule is CC(C)(C)OC(=O)NC[C@]1([C]=O)CC[C@H](Cc2cncn2Cc2ccc(C#N)cc2)CC1. The summed E-state index contributed by atoms with van der Waals surface area (Å²) in [5, 5.41) is 11.7. The molecule has 1 heterocycles. The molecule has 7 nitrogen and oxygen atoms in total. The largest absolute Gasteiger partial charge is 0.444 e. The highest BCUT2D eigenvalue weighted by Gasteiger charge is 2.37. The molecular formula is C25H31N4O3. The summed E-state index contributed by atoms with van der Waals surface area (Å²) in [5.74, 6) is 0.453. The number of hydrogen-bond acceptors (Lipinski definition) is 5. The number of alkyl carbamates (subject to hydrolysis) is 1. The van der Waals surface area contributed by atoms with Gasteiger partial charge in [0.05, 0.1) is 23.4 Å². The van der Waals surface area contributed by atoms with Crippen LogP contribution >= 0.6 is 0 Å². The Morgan fingerprint density at radius 2 is 1.97 bits per heavy atom. The van der Waals surface area contributed by atoms with Crippen LogP contribution in [-0.2, 0) is 22.5 Å². The molecule has 0 saturated heterocycles. The third-order valence-electron chi connectivity index (χ3n) is 5.98. The second kappa shape index (κ2) is 9.99. The number of nitrogens with zero attached hydrogens (tertiary/aromatic N) is 3. The third kappa shape index (κ3) is 6.43. The zero-order valence-corrected chi connectivity index (χ0v) is 19.1. The van der Waals surface area contributed by atoms with E-state index in [-0.39, 0.29) is 6.54 Å². The molecule has 169 valence electrons. The van der Waals surface area contributed by atoms with Gasteiger partial charge in [0, 0.05) is 25.0 Å². The van der Waals surface area contributed by atoms with Crippen LogP contribution in [0.3, 0.4) is 0 Å². The summed E-state index contributed by atoms with van der Waals surface area (Å²) in [7, 11) is 0. The van der Waals surface area contributed by atoms with Crippen LogP contribution in [0.2, 0.25) is 0 Å². The molecule has 0 bridgehead atoms. The van der Waals surface area contributed by atoms with E-state index in [2.05, 4.69) is 27.2 Å². The summed E-state index contributed by atoms with van der Waals surface area (Å²) in [4.78, 5) is 28.1. The summed E-state index contributed by atoms with van der Waals surface area (Å²) in [6, 6.07) is 9.73. The maximum atomic E-state index is 12.0. The molecule has 1 fully saturated rings. The number of imidazole rings is 1. The minimum atomic E-state index is -0.643. The highest BCUT2D eigenvalue weighted by molar-refractivity contribution is 5.69. The van der Waals surface area contributed by atoms with E-state index >= 15 is 0 Å². The van der Waals surface area contributed by atoms with Crippen molar-refractivity contribution in [3.05, 3.63) is 53.6 Å². The third-order valence-corrected chi connectivity index (χ3v) is 5.98. The first-order valence-electron chi connectivity index (χ1n) is 11.1. The second-order valence-corrected chi connectivity index (χ2v) is 9.71. The molecule has 1 aliphatic carbocycles. The number of aromatic nitrogens is 2. The molecule has 7 heteroatoms. The molecule has 0 spiro atoms. The maximum Gasteiger partial charge on any atom is 0.407 e. The van der Waals surface area contributed by atoms with Gasteiger partial charge in [0.2, 0.25) is 6.29 Å². The molecule has 1 radical (unpaired) electrons. The predicted octanol–water partition coefficient (Wildman–Crippen LogP) is 4.16. The lowest BCUT2D eigenvalue weighted by Gasteiger charge is -2.35. The lowest BCUT2D eigenvalue weighted by molar-refractivity contribution is 0.0501. The number of ether oxygens (including phenoxy) is 1. The number of amides is 1. The van der Waals surface area contributed by atoms with Crippen molar-refractivity contribution < 1.29 is 14.3 Å². The van der Waals surface area contributed by atoms with Gasteiger partial charge in [-0.1, -0.05) is 12.1 Å². The molecular weight excluding hydrogens is 404 g/mol. The Morgan fingerprint density at radius 3 is 2.56 bits per heavy atom. The van der Waals surface area contributed by atoms with Crippen LogP contribution in [-0.4, -0.2) is 34.1 Å². The van der Waals surface area contributed by atoms with E-state index in [0.717, 1.165) is 30.5 Å². The average Bonchev–Trinajstić information content (AvgIpc) is 3.19. The number of hydrogen-bond donors (Lipinski definition) is 1. The van der Waals surface area contributed by atoms with Crippen molar-refractivity contribution in [3.63, 3.8) is 0 Å². The van der Waals surface area contributed by atoms with E-state index in [1.807, 2.05) is 57.6 Å². The van der Waals surface area contributed by atoms with Gasteiger partial charge in [-0.3, -0.25) is 4.79 Å². The van der Waals surface area contributed by atoms with Gasteiger partial charge in [0.1, 0.15) is 5.60 Å². The highest BCUT2D eigenvalue weighted by atomic mass is 16.6. The average molecular weight is 436 g/mol. The Morgan fingerprint density at radius 1 is 1.28 bits per heavy atom. The second-order valence-electron chi connectivity index (χ2n) is 9.71. The van der Waals surface area contributed by atoms with Gasteiger partial charge in [-0.05, 0) is 76.5 Å². The van der Waals surface area contributed by atoms with Crippen molar-refractivity contribution in [2.24, 2.45) is 11.3 Å². The molecule has 0 unspecified atom stereocenters. The number of benzene rings is 1. The van der Waals surface area contributed by atoms with Gasteiger partial charge < -0.3 is 14.6 Å². The first kappa shape index (κ1) is 23.5. The highest BCUT2D eigenvalue weighted by Crippen LogP contribution is 2.38. The van der Waals surface area contributed by atoms with Gasteiger partial charge in [-0.15, -0.1) is 0 Å². The molecule has 0 atom stereocenters. The van der Waals surface area contributed by atoms with E-state index in [0.29, 0.717) is 30.9 Å². The molecule has 0 aliphatic heterocycles. The van der Waals surface area contributed by atoms with E-state index in [1.165, 1.54) is 0 Å². The molecule has 3 rings (SSSR count). The lowest BCUT2D eigenvalue weighted by atomic mass is 9.70. The lowest BCUT2D eigenvalue weighted by Crippen LogP contribution is -2.43. The first-order chi connectivity index (χ1) is 15.2. The van der Waals surface area contributed by atoms with Crippen molar-refractivity contribution in [1.82, 2.24) is 14.9 Å². The molecule has 2 aromatic rings. The van der Waals surface area contributed by atoms with E-state index < -0.39 is 17.1 Å². The van der Waals surface area contributed by atoms with E-state index in [4.69, 9.17) is 10.00 Å². The summed E-state index contributed by atoms with van der Waals surface area (Å²) in [6.45, 7) is 6.40. The molecule has 1 aliphatic rings. The van der Waals surface area contributed by atoms with Crippen LogP contribution in [0.15, 0.2) is 36.8 Å². The monoisotopic (exact) mass is 435 g/mol. The Kier molecular flexibility index (Phi) is 7.34. The van der Waals surface area contributed by atoms with Crippen LogP contribution in [0.4, 0.5) is 4.79 Å². The van der Waals surface area contributed by atoms with Gasteiger partial charge in [0.15, 0.2) is 0 Å². The van der Waals surface area contributed by atoms with Crippen LogP contribution in [0, 0.1) is 22.7 Å². The minimum absolute atomic E-state index is 0.259. The van der Waals surface area contributed by atoms with Crippen LogP contribution < -0.4 is 5.32 Å². The number of rotatable bonds is 7. The Bertz CT molecular complexity index is 958. The van der Waals surface area contributed by atoms with Crippen LogP contribution in [0.25, 0.3) is 0 Å². The number of carbonyl (C=O) groups excluding carboxylic acids is 2. The zero-order valence-electron chi connectivity index (χ0n) is 19.1. The van der Waals surface area contributed by atoms with Gasteiger partial charge in [0.25, 0.3) is 0 Å². The molecule has 1 amide bonds. The van der Waals surface area contributed by atoms with Crippen molar-refractivity contribution >= 4 is 12.4 Å². The molecule has 1 aromatic heterocycles. The number of nitriles is 1. The Labute approximate surface area is 189 Å². The quantitative estimate of drug-likeness (QED) is 0.704. The Balaban J connectivity index is 1.53. The number of carbonyl (C=O) groups is 1. The number of nitrogens with one attached hydrogen (secondary N) is 1. The van der Waals surface area contributed by atoms with Gasteiger partial charge >= 0.3 is 6.09 Å². The summed E-state index contributed by atoms with van der Waals surface area (Å²) < 4.78 is 7.42. The summed E-state index contributed by atoms with van der Waals surface area (Å²) in [6.07, 6.45) is 9.53. The summed E-state index contributed by atoms with van der Waals surface area (Å²) >= 11 is 0. The van der Waals surface area contributed by atoms with Crippen LogP contribution in [0.1, 0.15) is 63.3 Å². The fourth-order valence-electron chi connectivity index (χ4n) is 4.14. The molecule has 1 saturated carbocycles. The van der Waals surface area contributed by atoms with Crippen molar-refractivity contribution in [2.45, 2.75) is 65.0 Å². The zero-order chi connectivity index (χ0) is 23.2. The minimum Gasteiger partial charge on any atom is -0.444 e. The summed E-state index contributed by atoms with van der Waals surface area (Å²) in [5.41, 5.74) is 1.72. The Hall–Kier alpha value is -3.14. The molecule has 1 N–H and O–H groups in total. The van der Waals surface area contributed by atoms with Gasteiger partial charge in [-0.25, -0.2) is 9.78 Å². The van der Waals surface area contributed by atoms with E-state index in [9.17, 15) is 9.59 Å². The normalized spacial score (nSPS) is 20.9. The standard InChI is InChI=1S/C25H31N4O3/c1-24(2,3)32-23(31)28-16-25(17-30)10-8-19(9-11-25)12-22-14-27-18-29(22)15-21-6-4-20(13-26)5-7-21/h4-7,14,18-19H,8-12,15-16H2,1-3H3,(H,28,31)/t19-,25-.